The zero-order valence-electron chi connectivity index (χ0n) is 14.4. The van der Waals surface area contributed by atoms with Crippen LogP contribution in [0.1, 0.15) is 38.5 Å². The van der Waals surface area contributed by atoms with E-state index in [1.807, 2.05) is 0 Å². The molecule has 0 fully saturated rings. The number of allylic oxidation sites excluding steroid dienone is 1. The molecule has 0 radical (unpaired) electrons. The van der Waals surface area contributed by atoms with Gasteiger partial charge in [0.1, 0.15) is 0 Å². The highest BCUT2D eigenvalue weighted by Crippen LogP contribution is 2.51. The van der Waals surface area contributed by atoms with E-state index in [4.69, 9.17) is 0 Å². The Morgan fingerprint density at radius 1 is 0.586 bits per heavy atom. The van der Waals surface area contributed by atoms with Gasteiger partial charge < -0.3 is 0 Å². The van der Waals surface area contributed by atoms with Crippen LogP contribution in [0.25, 0.3) is 0 Å². The van der Waals surface area contributed by atoms with Crippen molar-refractivity contribution in [1.82, 2.24) is 0 Å². The lowest BCUT2D eigenvalue weighted by molar-refractivity contribution is -0.346. The van der Waals surface area contributed by atoms with E-state index in [9.17, 15) is 61.5 Å². The van der Waals surface area contributed by atoms with Gasteiger partial charge in [-0.1, -0.05) is 18.9 Å². The molecule has 0 aliphatic carbocycles. The Labute approximate surface area is 155 Å². The third-order valence-electron chi connectivity index (χ3n) is 4.25. The van der Waals surface area contributed by atoms with Gasteiger partial charge in [-0.25, -0.2) is 8.78 Å². The molecule has 0 aliphatic rings. The molecule has 0 nitrogen and oxygen atoms in total. The fourth-order valence-electron chi connectivity index (χ4n) is 2.57. The zero-order chi connectivity index (χ0) is 23.5. The summed E-state index contributed by atoms with van der Waals surface area (Å²) in [6.07, 6.45) is -32.3. The smallest absolute Gasteiger partial charge is 0.224 e. The number of unbranched alkanes of at least 4 members (excludes halogenated alkanes) is 1. The highest BCUT2D eigenvalue weighted by Gasteiger charge is 2.73. The first kappa shape index (κ1) is 27.8. The number of alkyl halides is 14. The average Bonchev–Trinajstić information content (AvgIpc) is 2.46. The van der Waals surface area contributed by atoms with Gasteiger partial charge in [0.05, 0.1) is 0 Å². The van der Waals surface area contributed by atoms with E-state index in [2.05, 4.69) is 6.58 Å². The Hall–Kier alpha value is -1.24. The molecular formula is C15H16F14. The maximum absolute atomic E-state index is 13.7. The second-order valence-corrected chi connectivity index (χ2v) is 6.43. The van der Waals surface area contributed by atoms with Crippen LogP contribution in [0.3, 0.4) is 0 Å². The molecule has 1 unspecified atom stereocenters. The fraction of sp³-hybridized carbons (Fsp3) is 0.867. The van der Waals surface area contributed by atoms with Gasteiger partial charge in [0.2, 0.25) is 0 Å². The average molecular weight is 462 g/mol. The minimum Gasteiger partial charge on any atom is -0.224 e. The first-order valence-electron chi connectivity index (χ1n) is 7.89. The Morgan fingerprint density at radius 3 is 1.28 bits per heavy atom. The molecule has 0 rings (SSSR count). The molecule has 0 aromatic heterocycles. The summed E-state index contributed by atoms with van der Waals surface area (Å²) in [6.45, 7) is 3.04. The molecule has 29 heavy (non-hydrogen) atoms. The zero-order valence-corrected chi connectivity index (χ0v) is 14.4. The summed E-state index contributed by atoms with van der Waals surface area (Å²) in [7, 11) is 0. The predicted molar refractivity (Wildman–Crippen MR) is 73.3 cm³/mol. The predicted octanol–water partition coefficient (Wildman–Crippen LogP) is 7.80. The lowest BCUT2D eigenvalue weighted by atomic mass is 9.84. The summed E-state index contributed by atoms with van der Waals surface area (Å²) in [6, 6.07) is 0. The van der Waals surface area contributed by atoms with Crippen LogP contribution in [0.5, 0.6) is 0 Å². The summed E-state index contributed by atoms with van der Waals surface area (Å²) >= 11 is 0. The van der Waals surface area contributed by atoms with E-state index in [1.54, 1.807) is 0 Å². The van der Waals surface area contributed by atoms with Gasteiger partial charge in [-0.2, -0.15) is 52.7 Å². The molecule has 14 heteroatoms. The van der Waals surface area contributed by atoms with E-state index in [0.717, 1.165) is 6.08 Å². The van der Waals surface area contributed by atoms with Crippen molar-refractivity contribution in [1.29, 1.82) is 0 Å². The van der Waals surface area contributed by atoms with Gasteiger partial charge in [0, 0.05) is 6.42 Å². The van der Waals surface area contributed by atoms with Crippen LogP contribution in [0.4, 0.5) is 61.5 Å². The van der Waals surface area contributed by atoms with Crippen molar-refractivity contribution in [3.8, 4) is 0 Å². The van der Waals surface area contributed by atoms with E-state index in [-0.39, 0.29) is 0 Å². The molecule has 0 saturated carbocycles. The van der Waals surface area contributed by atoms with Crippen LogP contribution in [0.2, 0.25) is 0 Å². The molecule has 0 aliphatic heterocycles. The van der Waals surface area contributed by atoms with Crippen molar-refractivity contribution in [3.63, 3.8) is 0 Å². The highest BCUT2D eigenvalue weighted by molar-refractivity contribution is 4.97. The largest absolute Gasteiger partial charge is 0.431 e. The maximum Gasteiger partial charge on any atom is 0.431 e. The second-order valence-electron chi connectivity index (χ2n) is 6.43. The van der Waals surface area contributed by atoms with Gasteiger partial charge in [0.15, 0.2) is 0 Å². The van der Waals surface area contributed by atoms with E-state index >= 15 is 0 Å². The third kappa shape index (κ3) is 6.37. The SMILES string of the molecule is C=CCC(CCCCC(F)(C(F)(F)F)C(F)(F)F)CC(F)(C(F)(F)F)C(F)(F)F. The fourth-order valence-corrected chi connectivity index (χ4v) is 2.57. The highest BCUT2D eigenvalue weighted by atomic mass is 19.4. The summed E-state index contributed by atoms with van der Waals surface area (Å²) < 4.78 is 177. The quantitative estimate of drug-likeness (QED) is 0.186. The van der Waals surface area contributed by atoms with E-state index in [1.165, 1.54) is 0 Å². The number of hydrogen-bond acceptors (Lipinski definition) is 0. The summed E-state index contributed by atoms with van der Waals surface area (Å²) in [4.78, 5) is 0. The first-order valence-corrected chi connectivity index (χ1v) is 7.89. The molecule has 0 spiro atoms. The summed E-state index contributed by atoms with van der Waals surface area (Å²) in [5.41, 5.74) is -11.2. The van der Waals surface area contributed by atoms with Crippen LogP contribution < -0.4 is 0 Å². The molecule has 0 saturated heterocycles. The van der Waals surface area contributed by atoms with Crippen molar-refractivity contribution in [2.24, 2.45) is 5.92 Å². The van der Waals surface area contributed by atoms with Crippen LogP contribution in [-0.2, 0) is 0 Å². The lowest BCUT2D eigenvalue weighted by Crippen LogP contribution is -2.54. The molecule has 0 N–H and O–H groups in total. The van der Waals surface area contributed by atoms with Gasteiger partial charge in [0.25, 0.3) is 11.3 Å². The van der Waals surface area contributed by atoms with Crippen LogP contribution in [-0.4, -0.2) is 36.0 Å². The number of rotatable bonds is 9. The maximum atomic E-state index is 13.7. The number of halogens is 14. The van der Waals surface area contributed by atoms with Crippen LogP contribution in [0, 0.1) is 5.92 Å². The van der Waals surface area contributed by atoms with Gasteiger partial charge in [-0.15, -0.1) is 6.58 Å². The van der Waals surface area contributed by atoms with Crippen LogP contribution >= 0.6 is 0 Å². The Bertz CT molecular complexity index is 493. The number of hydrogen-bond donors (Lipinski definition) is 0. The molecule has 1 atom stereocenters. The van der Waals surface area contributed by atoms with Crippen molar-refractivity contribution >= 4 is 0 Å². The minimum atomic E-state index is -6.36. The minimum absolute atomic E-state index is 0.628. The third-order valence-corrected chi connectivity index (χ3v) is 4.25. The molecule has 0 aromatic carbocycles. The normalized spacial score (nSPS) is 16.1. The van der Waals surface area contributed by atoms with Gasteiger partial charge >= 0.3 is 24.7 Å². The van der Waals surface area contributed by atoms with E-state index in [0.29, 0.717) is 0 Å². The molecule has 0 heterocycles. The van der Waals surface area contributed by atoms with Gasteiger partial charge in [-0.05, 0) is 25.2 Å². The molecule has 0 amide bonds. The van der Waals surface area contributed by atoms with Crippen LogP contribution in [0.15, 0.2) is 12.7 Å². The summed E-state index contributed by atoms with van der Waals surface area (Å²) in [5, 5.41) is 0. The Morgan fingerprint density at radius 2 is 0.966 bits per heavy atom. The molecular weight excluding hydrogens is 446 g/mol. The van der Waals surface area contributed by atoms with Gasteiger partial charge in [-0.3, -0.25) is 0 Å². The molecule has 174 valence electrons. The standard InChI is InChI=1S/C15H16F14/c1-2-5-9(8-11(17,14(24,25)26)15(27,28)29)6-3-4-7-10(16,12(18,19)20)13(21,22)23/h2,9H,1,3-8H2. The monoisotopic (exact) mass is 462 g/mol. The topological polar surface area (TPSA) is 0 Å². The van der Waals surface area contributed by atoms with Crippen molar-refractivity contribution < 1.29 is 61.5 Å². The lowest BCUT2D eigenvalue weighted by Gasteiger charge is -2.33. The first-order chi connectivity index (χ1) is 12.6. The van der Waals surface area contributed by atoms with Crippen molar-refractivity contribution in [2.45, 2.75) is 74.6 Å². The Kier molecular flexibility index (Phi) is 8.48. The van der Waals surface area contributed by atoms with Crippen molar-refractivity contribution in [3.05, 3.63) is 12.7 Å². The molecule has 0 bridgehead atoms. The molecule has 0 aromatic rings. The van der Waals surface area contributed by atoms with E-state index < -0.39 is 80.5 Å². The Balaban J connectivity index is 5.25. The second kappa shape index (κ2) is 8.86. The summed E-state index contributed by atoms with van der Waals surface area (Å²) in [5.74, 6) is -1.76. The van der Waals surface area contributed by atoms with Crippen molar-refractivity contribution in [2.75, 3.05) is 0 Å².